The first kappa shape index (κ1) is 21.5. The minimum atomic E-state index is -0.0230. The van der Waals surface area contributed by atoms with Crippen LogP contribution in [0.4, 0.5) is 0 Å². The van der Waals surface area contributed by atoms with E-state index in [2.05, 4.69) is 35.5 Å². The maximum Gasteiger partial charge on any atom is 0.243 e. The van der Waals surface area contributed by atoms with Crippen LogP contribution in [0.2, 0.25) is 0 Å². The van der Waals surface area contributed by atoms with E-state index in [0.29, 0.717) is 18.4 Å². The highest BCUT2D eigenvalue weighted by Crippen LogP contribution is 2.27. The van der Waals surface area contributed by atoms with E-state index in [1.807, 2.05) is 18.2 Å². The molecule has 25 heavy (non-hydrogen) atoms. The lowest BCUT2D eigenvalue weighted by atomic mass is 10.1. The van der Waals surface area contributed by atoms with E-state index in [1.54, 1.807) is 19.0 Å². The number of likely N-dealkylation sites (N-methyl/N-ethyl adjacent to an activating group) is 1. The van der Waals surface area contributed by atoms with Gasteiger partial charge in [-0.2, -0.15) is 0 Å². The number of halogens is 1. The summed E-state index contributed by atoms with van der Waals surface area (Å²) in [7, 11) is 3.46. The van der Waals surface area contributed by atoms with Crippen LogP contribution in [0.1, 0.15) is 19.4 Å². The fourth-order valence-corrected chi connectivity index (χ4v) is 2.34. The smallest absolute Gasteiger partial charge is 0.243 e. The summed E-state index contributed by atoms with van der Waals surface area (Å²) in [5.41, 5.74) is 1.24. The van der Waals surface area contributed by atoms with Crippen molar-refractivity contribution < 1.29 is 9.53 Å². The Labute approximate surface area is 167 Å². The average Bonchev–Trinajstić information content (AvgIpc) is 2.96. The predicted molar refractivity (Wildman–Crippen MR) is 112 cm³/mol. The van der Waals surface area contributed by atoms with Crippen LogP contribution < -0.4 is 15.4 Å². The summed E-state index contributed by atoms with van der Waals surface area (Å²) < 4.78 is 5.93. The number of nitrogens with one attached hydrogen (secondary N) is 2. The van der Waals surface area contributed by atoms with Crippen LogP contribution in [-0.2, 0) is 11.2 Å². The normalized spacial score (nSPS) is 15.9. The quantitative estimate of drug-likeness (QED) is 0.387. The zero-order valence-electron chi connectivity index (χ0n) is 15.4. The van der Waals surface area contributed by atoms with Crippen molar-refractivity contribution in [3.05, 3.63) is 29.8 Å². The molecule has 0 saturated heterocycles. The number of guanidine groups is 1. The highest BCUT2D eigenvalue weighted by molar-refractivity contribution is 14.0. The molecule has 0 aliphatic carbocycles. The molecule has 1 heterocycles. The van der Waals surface area contributed by atoms with Crippen molar-refractivity contribution in [2.24, 2.45) is 10.9 Å². The number of fused-ring (bicyclic) bond motifs is 1. The van der Waals surface area contributed by atoms with Crippen molar-refractivity contribution in [1.29, 1.82) is 0 Å². The van der Waals surface area contributed by atoms with E-state index in [4.69, 9.17) is 4.74 Å². The molecule has 1 aromatic rings. The third-order valence-electron chi connectivity index (χ3n) is 3.76. The molecule has 0 aromatic heterocycles. The van der Waals surface area contributed by atoms with E-state index in [0.717, 1.165) is 18.7 Å². The van der Waals surface area contributed by atoms with Crippen LogP contribution in [0, 0.1) is 5.92 Å². The summed E-state index contributed by atoms with van der Waals surface area (Å²) >= 11 is 0. The minimum Gasteiger partial charge on any atom is -0.488 e. The van der Waals surface area contributed by atoms with Gasteiger partial charge in [0.25, 0.3) is 0 Å². The molecule has 0 fully saturated rings. The summed E-state index contributed by atoms with van der Waals surface area (Å²) in [4.78, 5) is 17.6. The topological polar surface area (TPSA) is 66.0 Å². The average molecular weight is 460 g/mol. The van der Waals surface area contributed by atoms with Gasteiger partial charge < -0.3 is 20.3 Å². The molecule has 1 aliphatic rings. The minimum absolute atomic E-state index is 0. The molecule has 1 amide bonds. The first-order valence-corrected chi connectivity index (χ1v) is 8.42. The van der Waals surface area contributed by atoms with Crippen molar-refractivity contribution in [2.75, 3.05) is 33.7 Å². The Bertz CT molecular complexity index is 565. The number of hydrogen-bond donors (Lipinski definition) is 2. The highest BCUT2D eigenvalue weighted by Gasteiger charge is 2.22. The van der Waals surface area contributed by atoms with Gasteiger partial charge in [0, 0.05) is 27.1 Å². The maximum absolute atomic E-state index is 11.7. The summed E-state index contributed by atoms with van der Waals surface area (Å²) in [6.07, 6.45) is 0.968. The monoisotopic (exact) mass is 460 g/mol. The van der Waals surface area contributed by atoms with Crippen molar-refractivity contribution in [3.8, 4) is 5.75 Å². The molecule has 2 rings (SSSR count). The molecule has 7 heteroatoms. The van der Waals surface area contributed by atoms with Crippen LogP contribution in [-0.4, -0.2) is 56.6 Å². The van der Waals surface area contributed by atoms with Gasteiger partial charge in [-0.1, -0.05) is 32.0 Å². The Morgan fingerprint density at radius 2 is 2.04 bits per heavy atom. The molecule has 1 unspecified atom stereocenters. The van der Waals surface area contributed by atoms with Gasteiger partial charge in [-0.05, 0) is 17.5 Å². The second-order valence-electron chi connectivity index (χ2n) is 6.66. The van der Waals surface area contributed by atoms with Crippen molar-refractivity contribution in [3.63, 3.8) is 0 Å². The number of nitrogens with zero attached hydrogens (tertiary/aromatic N) is 2. The van der Waals surface area contributed by atoms with Crippen LogP contribution in [0.15, 0.2) is 29.3 Å². The van der Waals surface area contributed by atoms with Crippen molar-refractivity contribution in [2.45, 2.75) is 26.4 Å². The number of amides is 1. The molecular weight excluding hydrogens is 431 g/mol. The maximum atomic E-state index is 11.7. The van der Waals surface area contributed by atoms with Gasteiger partial charge in [0.1, 0.15) is 18.4 Å². The van der Waals surface area contributed by atoms with E-state index < -0.39 is 0 Å². The Hall–Kier alpha value is -1.51. The zero-order chi connectivity index (χ0) is 17.5. The summed E-state index contributed by atoms with van der Waals surface area (Å²) in [6.45, 7) is 5.84. The number of ether oxygens (including phenoxy) is 1. The van der Waals surface area contributed by atoms with E-state index in [-0.39, 0.29) is 42.5 Å². The van der Waals surface area contributed by atoms with Crippen LogP contribution in [0.5, 0.6) is 5.75 Å². The van der Waals surface area contributed by atoms with E-state index in [1.165, 1.54) is 5.56 Å². The number of carbonyl (C=O) groups excluding carboxylic acids is 1. The van der Waals surface area contributed by atoms with Gasteiger partial charge in [0.15, 0.2) is 5.96 Å². The second kappa shape index (κ2) is 10.5. The van der Waals surface area contributed by atoms with E-state index in [9.17, 15) is 4.79 Å². The fourth-order valence-electron chi connectivity index (χ4n) is 2.34. The number of para-hydroxylation sites is 1. The van der Waals surface area contributed by atoms with Gasteiger partial charge in [0.05, 0.1) is 6.54 Å². The summed E-state index contributed by atoms with van der Waals surface area (Å²) in [5, 5.41) is 6.56. The molecule has 1 aromatic carbocycles. The largest absolute Gasteiger partial charge is 0.488 e. The lowest BCUT2D eigenvalue weighted by molar-refractivity contribution is -0.127. The van der Waals surface area contributed by atoms with Crippen molar-refractivity contribution >= 4 is 35.8 Å². The molecular formula is C18H29IN4O2. The standard InChI is InChI=1S/C18H28N4O2.HI/c1-13(2)10-19-18(21-12-17(23)22(3)4)20-11-15-9-14-7-5-6-8-16(14)24-15;/h5-8,13,15H,9-12H2,1-4H3,(H2,19,20,21);1H. The SMILES string of the molecule is CC(C)CNC(=NCC(=O)N(C)C)NCC1Cc2ccccc2O1.I. The molecule has 0 radical (unpaired) electrons. The fraction of sp³-hybridized carbons (Fsp3) is 0.556. The van der Waals surface area contributed by atoms with E-state index >= 15 is 0 Å². The third-order valence-corrected chi connectivity index (χ3v) is 3.76. The van der Waals surface area contributed by atoms with Gasteiger partial charge in [-0.3, -0.25) is 4.79 Å². The molecule has 6 nitrogen and oxygen atoms in total. The molecule has 0 saturated carbocycles. The Morgan fingerprint density at radius 1 is 1.32 bits per heavy atom. The summed E-state index contributed by atoms with van der Waals surface area (Å²) in [6, 6.07) is 8.11. The number of carbonyl (C=O) groups is 1. The first-order valence-electron chi connectivity index (χ1n) is 8.42. The number of aliphatic imine (C=N–C) groups is 1. The Morgan fingerprint density at radius 3 is 2.68 bits per heavy atom. The lowest BCUT2D eigenvalue weighted by Gasteiger charge is -2.17. The molecule has 2 N–H and O–H groups in total. The first-order chi connectivity index (χ1) is 11.5. The highest BCUT2D eigenvalue weighted by atomic mass is 127. The zero-order valence-corrected chi connectivity index (χ0v) is 17.7. The third kappa shape index (κ3) is 7.09. The number of rotatable bonds is 6. The molecule has 1 aliphatic heterocycles. The Kier molecular flexibility index (Phi) is 9.02. The van der Waals surface area contributed by atoms with Gasteiger partial charge in [0.2, 0.25) is 5.91 Å². The Balaban J connectivity index is 0.00000312. The molecule has 1 atom stereocenters. The number of benzene rings is 1. The van der Waals surface area contributed by atoms with Crippen LogP contribution >= 0.6 is 24.0 Å². The van der Waals surface area contributed by atoms with Crippen LogP contribution in [0.25, 0.3) is 0 Å². The van der Waals surface area contributed by atoms with Crippen molar-refractivity contribution in [1.82, 2.24) is 15.5 Å². The molecule has 0 spiro atoms. The second-order valence-corrected chi connectivity index (χ2v) is 6.66. The van der Waals surface area contributed by atoms with Crippen LogP contribution in [0.3, 0.4) is 0 Å². The van der Waals surface area contributed by atoms with Gasteiger partial charge >= 0.3 is 0 Å². The van der Waals surface area contributed by atoms with Gasteiger partial charge in [-0.25, -0.2) is 4.99 Å². The van der Waals surface area contributed by atoms with Gasteiger partial charge in [-0.15, -0.1) is 24.0 Å². The lowest BCUT2D eigenvalue weighted by Crippen LogP contribution is -2.44. The molecule has 140 valence electrons. The summed E-state index contributed by atoms with van der Waals surface area (Å²) in [5.74, 6) is 2.08. The predicted octanol–water partition coefficient (Wildman–Crippen LogP) is 1.89. The number of hydrogen-bond acceptors (Lipinski definition) is 3. The molecule has 0 bridgehead atoms.